The van der Waals surface area contributed by atoms with Crippen LogP contribution in [-0.4, -0.2) is 35.7 Å². The molecule has 0 N–H and O–H groups in total. The quantitative estimate of drug-likeness (QED) is 0.781. The highest BCUT2D eigenvalue weighted by Gasteiger charge is 2.34. The van der Waals surface area contributed by atoms with Gasteiger partial charge in [0.2, 0.25) is 0 Å². The summed E-state index contributed by atoms with van der Waals surface area (Å²) in [5, 5.41) is -0.158. The molecule has 2 fully saturated rings. The Morgan fingerprint density at radius 2 is 1.96 bits per heavy atom. The second-order valence-electron chi connectivity index (χ2n) is 6.07. The third-order valence-corrected chi connectivity index (χ3v) is 5.24. The number of rotatable bonds is 4. The molecule has 0 unspecified atom stereocenters. The molecule has 0 spiro atoms. The first-order valence-electron chi connectivity index (χ1n) is 8.21. The molecule has 23 heavy (non-hydrogen) atoms. The van der Waals surface area contributed by atoms with E-state index in [0.29, 0.717) is 11.4 Å². The summed E-state index contributed by atoms with van der Waals surface area (Å²) < 4.78 is 0. The highest BCUT2D eigenvalue weighted by atomic mass is 32.2. The Bertz CT molecular complexity index is 663. The number of thioether (sulfide) groups is 1. The smallest absolute Gasteiger partial charge is 0.293 e. The van der Waals surface area contributed by atoms with Gasteiger partial charge in [0.05, 0.1) is 4.91 Å². The van der Waals surface area contributed by atoms with Crippen LogP contribution in [0.3, 0.4) is 0 Å². The summed E-state index contributed by atoms with van der Waals surface area (Å²) in [4.78, 5) is 28.5. The van der Waals surface area contributed by atoms with Crippen molar-refractivity contribution in [3.8, 4) is 0 Å². The molecule has 0 bridgehead atoms. The van der Waals surface area contributed by atoms with Crippen LogP contribution >= 0.6 is 11.8 Å². The van der Waals surface area contributed by atoms with Gasteiger partial charge in [-0.05, 0) is 67.3 Å². The molecule has 3 rings (SSSR count). The van der Waals surface area contributed by atoms with Crippen molar-refractivity contribution in [2.75, 3.05) is 24.5 Å². The van der Waals surface area contributed by atoms with E-state index in [1.54, 1.807) is 0 Å². The van der Waals surface area contributed by atoms with Crippen LogP contribution in [0.2, 0.25) is 0 Å². The second kappa shape index (κ2) is 6.79. The van der Waals surface area contributed by atoms with Crippen molar-refractivity contribution in [3.63, 3.8) is 0 Å². The molecule has 2 aliphatic rings. The van der Waals surface area contributed by atoms with E-state index in [9.17, 15) is 9.59 Å². The van der Waals surface area contributed by atoms with Gasteiger partial charge in [0.25, 0.3) is 11.1 Å². The van der Waals surface area contributed by atoms with Gasteiger partial charge in [0.15, 0.2) is 0 Å². The summed E-state index contributed by atoms with van der Waals surface area (Å²) in [6.45, 7) is 6.76. The monoisotopic (exact) mass is 330 g/mol. The average Bonchev–Trinajstić information content (AvgIpc) is 3.14. The zero-order valence-corrected chi connectivity index (χ0v) is 14.5. The molecule has 5 heteroatoms. The number of amides is 2. The first-order chi connectivity index (χ1) is 11.1. The van der Waals surface area contributed by atoms with Crippen molar-refractivity contribution in [1.29, 1.82) is 0 Å². The minimum Gasteiger partial charge on any atom is -0.372 e. The van der Waals surface area contributed by atoms with Crippen LogP contribution in [0.5, 0.6) is 0 Å². The minimum atomic E-state index is -0.162. The lowest BCUT2D eigenvalue weighted by atomic mass is 10.1. The molecule has 0 aliphatic carbocycles. The van der Waals surface area contributed by atoms with Crippen LogP contribution in [0.15, 0.2) is 23.1 Å². The molecule has 4 nitrogen and oxygen atoms in total. The van der Waals surface area contributed by atoms with E-state index < -0.39 is 0 Å². The summed E-state index contributed by atoms with van der Waals surface area (Å²) in [5.41, 5.74) is 3.39. The Balaban J connectivity index is 1.82. The van der Waals surface area contributed by atoms with Gasteiger partial charge < -0.3 is 4.90 Å². The fraction of sp³-hybridized carbons (Fsp3) is 0.444. The topological polar surface area (TPSA) is 40.6 Å². The van der Waals surface area contributed by atoms with Crippen molar-refractivity contribution < 1.29 is 9.59 Å². The summed E-state index contributed by atoms with van der Waals surface area (Å²) >= 11 is 1.04. The van der Waals surface area contributed by atoms with Crippen LogP contribution < -0.4 is 4.90 Å². The van der Waals surface area contributed by atoms with Gasteiger partial charge in [-0.2, -0.15) is 0 Å². The van der Waals surface area contributed by atoms with Crippen LogP contribution in [0.4, 0.5) is 10.5 Å². The van der Waals surface area contributed by atoms with Gasteiger partial charge in [-0.25, -0.2) is 0 Å². The van der Waals surface area contributed by atoms with E-state index in [0.717, 1.165) is 42.4 Å². The van der Waals surface area contributed by atoms with Crippen molar-refractivity contribution in [2.45, 2.75) is 33.1 Å². The summed E-state index contributed by atoms with van der Waals surface area (Å²) in [6, 6.07) is 6.34. The fourth-order valence-electron chi connectivity index (χ4n) is 3.05. The van der Waals surface area contributed by atoms with Gasteiger partial charge in [0.1, 0.15) is 0 Å². The van der Waals surface area contributed by atoms with Crippen molar-refractivity contribution >= 4 is 34.7 Å². The van der Waals surface area contributed by atoms with Gasteiger partial charge in [-0.15, -0.1) is 0 Å². The number of hydrogen-bond acceptors (Lipinski definition) is 4. The molecule has 2 amide bonds. The summed E-state index contributed by atoms with van der Waals surface area (Å²) in [5.74, 6) is -0.162. The molecule has 0 atom stereocenters. The van der Waals surface area contributed by atoms with E-state index >= 15 is 0 Å². The standard InChI is InChI=1S/C18H22N2O2S/c1-3-8-20-17(21)16(23-18(20)22)12-14-6-7-15(11-13(14)2)19-9-4-5-10-19/h6-7,11-12H,3-5,8-10H2,1-2H3/b16-12-. The number of hydrogen-bond donors (Lipinski definition) is 0. The van der Waals surface area contributed by atoms with Gasteiger partial charge in [-0.3, -0.25) is 14.5 Å². The lowest BCUT2D eigenvalue weighted by molar-refractivity contribution is -0.122. The van der Waals surface area contributed by atoms with E-state index in [4.69, 9.17) is 0 Å². The largest absolute Gasteiger partial charge is 0.372 e. The molecule has 122 valence electrons. The number of imide groups is 1. The molecular formula is C18H22N2O2S. The molecule has 0 saturated carbocycles. The number of aryl methyl sites for hydroxylation is 1. The predicted molar refractivity (Wildman–Crippen MR) is 95.6 cm³/mol. The lowest BCUT2D eigenvalue weighted by Crippen LogP contribution is -2.28. The van der Waals surface area contributed by atoms with E-state index in [-0.39, 0.29) is 11.1 Å². The van der Waals surface area contributed by atoms with Crippen LogP contribution in [0.25, 0.3) is 6.08 Å². The normalized spacial score (nSPS) is 20.2. The van der Waals surface area contributed by atoms with E-state index in [1.807, 2.05) is 13.0 Å². The Hall–Kier alpha value is -1.75. The number of carbonyl (C=O) groups excluding carboxylic acids is 2. The average molecular weight is 330 g/mol. The zero-order chi connectivity index (χ0) is 16.4. The Morgan fingerprint density at radius 3 is 2.61 bits per heavy atom. The number of nitrogens with zero attached hydrogens (tertiary/aromatic N) is 2. The Labute approximate surface area is 141 Å². The van der Waals surface area contributed by atoms with Crippen LogP contribution in [0, 0.1) is 6.92 Å². The summed E-state index contributed by atoms with van der Waals surface area (Å²) in [6.07, 6.45) is 5.15. The number of anilines is 1. The highest BCUT2D eigenvalue weighted by molar-refractivity contribution is 8.18. The molecule has 2 saturated heterocycles. The minimum absolute atomic E-state index is 0.158. The SMILES string of the molecule is CCCN1C(=O)S/C(=C\c2ccc(N3CCCC3)cc2C)C1=O. The molecule has 1 aromatic rings. The molecule has 2 aliphatic heterocycles. The first kappa shape index (κ1) is 16.1. The first-order valence-corrected chi connectivity index (χ1v) is 9.02. The van der Waals surface area contributed by atoms with E-state index in [2.05, 4.69) is 30.0 Å². The highest BCUT2D eigenvalue weighted by Crippen LogP contribution is 2.33. The molecular weight excluding hydrogens is 308 g/mol. The van der Waals surface area contributed by atoms with Crippen molar-refractivity contribution in [1.82, 2.24) is 4.90 Å². The molecule has 1 aromatic carbocycles. The fourth-order valence-corrected chi connectivity index (χ4v) is 3.91. The lowest BCUT2D eigenvalue weighted by Gasteiger charge is -2.18. The van der Waals surface area contributed by atoms with Crippen LogP contribution in [0.1, 0.15) is 37.3 Å². The third-order valence-electron chi connectivity index (χ3n) is 4.33. The van der Waals surface area contributed by atoms with Gasteiger partial charge in [-0.1, -0.05) is 13.0 Å². The maximum atomic E-state index is 12.3. The number of benzene rings is 1. The molecule has 0 aromatic heterocycles. The zero-order valence-electron chi connectivity index (χ0n) is 13.7. The predicted octanol–water partition coefficient (Wildman–Crippen LogP) is 4.04. The van der Waals surface area contributed by atoms with Crippen molar-refractivity contribution in [2.24, 2.45) is 0 Å². The number of carbonyl (C=O) groups is 2. The van der Waals surface area contributed by atoms with Gasteiger partial charge >= 0.3 is 0 Å². The third kappa shape index (κ3) is 3.29. The molecule has 0 radical (unpaired) electrons. The van der Waals surface area contributed by atoms with Crippen LogP contribution in [-0.2, 0) is 4.79 Å². The Morgan fingerprint density at radius 1 is 1.22 bits per heavy atom. The van der Waals surface area contributed by atoms with Crippen molar-refractivity contribution in [3.05, 3.63) is 34.2 Å². The van der Waals surface area contributed by atoms with Gasteiger partial charge in [0, 0.05) is 25.3 Å². The summed E-state index contributed by atoms with van der Waals surface area (Å²) in [7, 11) is 0. The maximum Gasteiger partial charge on any atom is 0.293 e. The maximum absolute atomic E-state index is 12.3. The van der Waals surface area contributed by atoms with E-state index in [1.165, 1.54) is 23.4 Å². The second-order valence-corrected chi connectivity index (χ2v) is 7.06. The Kier molecular flexibility index (Phi) is 4.76. The molecule has 2 heterocycles.